The van der Waals surface area contributed by atoms with E-state index in [1.165, 1.54) is 24.0 Å². The number of hydrogen-bond acceptors (Lipinski definition) is 4. The summed E-state index contributed by atoms with van der Waals surface area (Å²) in [6.07, 6.45) is 6.25. The monoisotopic (exact) mass is 399 g/mol. The van der Waals surface area contributed by atoms with E-state index in [0.717, 1.165) is 24.1 Å². The van der Waals surface area contributed by atoms with Gasteiger partial charge in [-0.05, 0) is 69.8 Å². The summed E-state index contributed by atoms with van der Waals surface area (Å²) >= 11 is 1.65. The average Bonchev–Trinajstić information content (AvgIpc) is 3.21. The van der Waals surface area contributed by atoms with Gasteiger partial charge < -0.3 is 10.2 Å². The van der Waals surface area contributed by atoms with Crippen molar-refractivity contribution in [3.05, 3.63) is 41.0 Å². The number of rotatable bonds is 3. The number of hydrogen-bond donors (Lipinski definition) is 1. The van der Waals surface area contributed by atoms with Crippen molar-refractivity contribution in [1.82, 2.24) is 9.80 Å². The lowest BCUT2D eigenvalue weighted by molar-refractivity contribution is -0.132. The van der Waals surface area contributed by atoms with Crippen LogP contribution in [0.1, 0.15) is 36.8 Å². The zero-order valence-electron chi connectivity index (χ0n) is 16.9. The summed E-state index contributed by atoms with van der Waals surface area (Å²) in [6, 6.07) is 6.67. The van der Waals surface area contributed by atoms with Crippen LogP contribution >= 0.6 is 11.8 Å². The highest BCUT2D eigenvalue weighted by molar-refractivity contribution is 7.99. The van der Waals surface area contributed by atoms with E-state index in [4.69, 9.17) is 0 Å². The largest absolute Gasteiger partial charge is 0.324 e. The molecule has 0 unspecified atom stereocenters. The van der Waals surface area contributed by atoms with Gasteiger partial charge in [0, 0.05) is 29.6 Å². The second kappa shape index (κ2) is 7.91. The molecule has 0 aromatic heterocycles. The Hall–Kier alpha value is -1.79. The van der Waals surface area contributed by atoms with E-state index in [0.29, 0.717) is 23.7 Å². The van der Waals surface area contributed by atoms with Crippen molar-refractivity contribution < 1.29 is 9.59 Å². The van der Waals surface area contributed by atoms with E-state index in [9.17, 15) is 9.59 Å². The molecular formula is C22H29N3O2S. The maximum atomic E-state index is 12.9. The van der Waals surface area contributed by atoms with Crippen LogP contribution in [0.2, 0.25) is 0 Å². The third-order valence-corrected chi connectivity index (χ3v) is 7.56. The van der Waals surface area contributed by atoms with E-state index >= 15 is 0 Å². The first-order valence-corrected chi connectivity index (χ1v) is 11.3. The minimum atomic E-state index is -0.404. The van der Waals surface area contributed by atoms with Crippen LogP contribution in [0.5, 0.6) is 0 Å². The summed E-state index contributed by atoms with van der Waals surface area (Å²) in [5.41, 5.74) is 4.39. The molecule has 0 saturated carbocycles. The standard InChI is InChI=1S/C22H29N3O2S/c1-14-4-5-17(8-15(14)2)23-22(27)20-12-28-13-25(20)21(26)11-16-9-18-6-7-19(10-16)24(18)3/h4-5,8,11,18-20H,6-7,9-10,12-13H2,1-3H3,(H,23,27)/t18-,19+,20-/m0/s1. The molecule has 2 amide bonds. The molecule has 3 heterocycles. The molecule has 3 fully saturated rings. The van der Waals surface area contributed by atoms with E-state index in [1.54, 1.807) is 16.7 Å². The predicted molar refractivity (Wildman–Crippen MR) is 114 cm³/mol. The Balaban J connectivity index is 1.42. The molecule has 1 aromatic rings. The first kappa shape index (κ1) is 19.5. The van der Waals surface area contributed by atoms with Gasteiger partial charge in [0.1, 0.15) is 6.04 Å². The van der Waals surface area contributed by atoms with Crippen molar-refractivity contribution >= 4 is 29.3 Å². The molecule has 2 bridgehead atoms. The van der Waals surface area contributed by atoms with Crippen LogP contribution < -0.4 is 5.32 Å². The summed E-state index contributed by atoms with van der Waals surface area (Å²) in [4.78, 5) is 30.0. The fourth-order valence-electron chi connectivity index (χ4n) is 4.57. The highest BCUT2D eigenvalue weighted by atomic mass is 32.2. The van der Waals surface area contributed by atoms with Gasteiger partial charge in [-0.25, -0.2) is 0 Å². The molecule has 3 saturated heterocycles. The Morgan fingerprint density at radius 2 is 1.86 bits per heavy atom. The van der Waals surface area contributed by atoms with Crippen molar-refractivity contribution in [2.24, 2.45) is 0 Å². The number of benzene rings is 1. The van der Waals surface area contributed by atoms with Crippen molar-refractivity contribution in [1.29, 1.82) is 0 Å². The normalized spacial score (nSPS) is 28.8. The van der Waals surface area contributed by atoms with Crippen LogP contribution in [0, 0.1) is 13.8 Å². The summed E-state index contributed by atoms with van der Waals surface area (Å²) in [5, 5.41) is 3.00. The summed E-state index contributed by atoms with van der Waals surface area (Å²) in [5.74, 6) is 1.13. The fourth-order valence-corrected chi connectivity index (χ4v) is 5.73. The van der Waals surface area contributed by atoms with Crippen LogP contribution in [0.25, 0.3) is 0 Å². The lowest BCUT2D eigenvalue weighted by Gasteiger charge is -2.33. The predicted octanol–water partition coefficient (Wildman–Crippen LogP) is 3.33. The molecule has 3 aliphatic heterocycles. The molecule has 4 rings (SSSR count). The minimum Gasteiger partial charge on any atom is -0.324 e. The van der Waals surface area contributed by atoms with Gasteiger partial charge in [0.2, 0.25) is 11.8 Å². The number of fused-ring (bicyclic) bond motifs is 2. The Labute approximate surface area is 171 Å². The molecule has 1 N–H and O–H groups in total. The van der Waals surface area contributed by atoms with Crippen LogP contribution in [0.4, 0.5) is 5.69 Å². The lowest BCUT2D eigenvalue weighted by Crippen LogP contribution is -2.44. The Morgan fingerprint density at radius 3 is 2.54 bits per heavy atom. The number of aryl methyl sites for hydroxylation is 2. The average molecular weight is 400 g/mol. The van der Waals surface area contributed by atoms with Gasteiger partial charge in [0.25, 0.3) is 0 Å². The zero-order valence-corrected chi connectivity index (χ0v) is 17.7. The first-order chi connectivity index (χ1) is 13.4. The highest BCUT2D eigenvalue weighted by Gasteiger charge is 2.38. The maximum absolute atomic E-state index is 12.9. The topological polar surface area (TPSA) is 52.7 Å². The van der Waals surface area contributed by atoms with Crippen LogP contribution in [0.15, 0.2) is 29.8 Å². The van der Waals surface area contributed by atoms with Gasteiger partial charge in [-0.3, -0.25) is 14.5 Å². The molecule has 150 valence electrons. The van der Waals surface area contributed by atoms with Crippen LogP contribution in [-0.2, 0) is 9.59 Å². The molecular weight excluding hydrogens is 370 g/mol. The van der Waals surface area contributed by atoms with E-state index in [2.05, 4.69) is 24.2 Å². The van der Waals surface area contributed by atoms with Gasteiger partial charge in [-0.1, -0.05) is 11.6 Å². The van der Waals surface area contributed by atoms with Gasteiger partial charge >= 0.3 is 0 Å². The number of amides is 2. The number of piperidine rings is 1. The fraction of sp³-hybridized carbons (Fsp3) is 0.545. The van der Waals surface area contributed by atoms with Gasteiger partial charge in [-0.15, -0.1) is 11.8 Å². The summed E-state index contributed by atoms with van der Waals surface area (Å²) in [6.45, 7) is 4.09. The molecule has 0 spiro atoms. The van der Waals surface area contributed by atoms with Gasteiger partial charge in [0.15, 0.2) is 0 Å². The molecule has 3 aliphatic rings. The molecule has 28 heavy (non-hydrogen) atoms. The second-order valence-corrected chi connectivity index (χ2v) is 9.37. The lowest BCUT2D eigenvalue weighted by atomic mass is 9.97. The number of anilines is 1. The van der Waals surface area contributed by atoms with Crippen molar-refractivity contribution in [2.75, 3.05) is 24.0 Å². The van der Waals surface area contributed by atoms with E-state index in [1.807, 2.05) is 31.2 Å². The molecule has 3 atom stereocenters. The number of nitrogens with zero attached hydrogens (tertiary/aromatic N) is 2. The van der Waals surface area contributed by atoms with Crippen LogP contribution in [-0.4, -0.2) is 58.4 Å². The Bertz CT molecular complexity index is 806. The Kier molecular flexibility index (Phi) is 5.52. The third-order valence-electron chi connectivity index (χ3n) is 6.55. The SMILES string of the molecule is Cc1ccc(NC(=O)[C@@H]2CSCN2C(=O)C=C2C[C@H]3CC[C@@H](C2)N3C)cc1C. The van der Waals surface area contributed by atoms with Crippen LogP contribution in [0.3, 0.4) is 0 Å². The summed E-state index contributed by atoms with van der Waals surface area (Å²) in [7, 11) is 2.20. The number of carbonyl (C=O) groups is 2. The smallest absolute Gasteiger partial charge is 0.248 e. The maximum Gasteiger partial charge on any atom is 0.248 e. The molecule has 1 aromatic carbocycles. The van der Waals surface area contributed by atoms with E-state index < -0.39 is 6.04 Å². The third kappa shape index (κ3) is 3.85. The highest BCUT2D eigenvalue weighted by Crippen LogP contribution is 2.37. The minimum absolute atomic E-state index is 0.0100. The number of thioether (sulfide) groups is 1. The van der Waals surface area contributed by atoms with Crippen molar-refractivity contribution in [2.45, 2.75) is 57.7 Å². The quantitative estimate of drug-likeness (QED) is 0.792. The molecule has 5 nitrogen and oxygen atoms in total. The van der Waals surface area contributed by atoms with Crippen molar-refractivity contribution in [3.8, 4) is 0 Å². The van der Waals surface area contributed by atoms with Crippen molar-refractivity contribution in [3.63, 3.8) is 0 Å². The molecule has 0 aliphatic carbocycles. The van der Waals surface area contributed by atoms with Gasteiger partial charge in [0.05, 0.1) is 5.88 Å². The van der Waals surface area contributed by atoms with E-state index in [-0.39, 0.29) is 11.8 Å². The Morgan fingerprint density at radius 1 is 1.14 bits per heavy atom. The summed E-state index contributed by atoms with van der Waals surface area (Å²) < 4.78 is 0. The molecule has 0 radical (unpaired) electrons. The number of carbonyl (C=O) groups excluding carboxylic acids is 2. The van der Waals surface area contributed by atoms with Gasteiger partial charge in [-0.2, -0.15) is 0 Å². The first-order valence-electron chi connectivity index (χ1n) is 10.1. The number of nitrogens with one attached hydrogen (secondary N) is 1. The zero-order chi connectivity index (χ0) is 19.8. The second-order valence-electron chi connectivity index (χ2n) is 8.37. The molecule has 6 heteroatoms.